The van der Waals surface area contributed by atoms with Gasteiger partial charge in [-0.25, -0.2) is 0 Å². The maximum Gasteiger partial charge on any atom is 0.308 e. The van der Waals surface area contributed by atoms with E-state index in [2.05, 4.69) is 0 Å². The van der Waals surface area contributed by atoms with E-state index < -0.39 is 11.9 Å². The first-order chi connectivity index (χ1) is 8.50. The zero-order chi connectivity index (χ0) is 13.3. The van der Waals surface area contributed by atoms with Crippen molar-refractivity contribution in [2.24, 2.45) is 17.3 Å². The Kier molecular flexibility index (Phi) is 3.61. The Morgan fingerprint density at radius 3 is 2.44 bits per heavy atom. The first kappa shape index (κ1) is 13.3. The van der Waals surface area contributed by atoms with Crippen LogP contribution >= 0.6 is 0 Å². The monoisotopic (exact) mass is 255 g/mol. The highest BCUT2D eigenvalue weighted by Gasteiger charge is 2.49. The normalized spacial score (nSPS) is 30.0. The fourth-order valence-electron chi connectivity index (χ4n) is 3.09. The van der Waals surface area contributed by atoms with Crippen molar-refractivity contribution < 1.29 is 19.4 Å². The van der Waals surface area contributed by atoms with Crippen LogP contribution in [-0.2, 0) is 14.3 Å². The van der Waals surface area contributed by atoms with Gasteiger partial charge in [0.05, 0.1) is 17.9 Å². The van der Waals surface area contributed by atoms with Crippen LogP contribution in [0, 0.1) is 17.3 Å². The van der Waals surface area contributed by atoms with Crippen LogP contribution in [0.4, 0.5) is 0 Å². The van der Waals surface area contributed by atoms with Crippen molar-refractivity contribution in [3.05, 3.63) is 0 Å². The Labute approximate surface area is 107 Å². The lowest BCUT2D eigenvalue weighted by atomic mass is 9.68. The van der Waals surface area contributed by atoms with E-state index in [0.29, 0.717) is 19.7 Å². The largest absolute Gasteiger partial charge is 0.481 e. The number of aliphatic carboxylic acids is 1. The summed E-state index contributed by atoms with van der Waals surface area (Å²) in [7, 11) is 1.61. The summed E-state index contributed by atoms with van der Waals surface area (Å²) in [6.45, 7) is 3.26. The zero-order valence-electron chi connectivity index (χ0n) is 11.0. The van der Waals surface area contributed by atoms with Crippen molar-refractivity contribution in [3.8, 4) is 0 Å². The number of carbonyl (C=O) groups is 2. The van der Waals surface area contributed by atoms with E-state index in [1.54, 1.807) is 12.0 Å². The van der Waals surface area contributed by atoms with Gasteiger partial charge in [-0.15, -0.1) is 0 Å². The number of carboxylic acids is 1. The first-order valence-corrected chi connectivity index (χ1v) is 6.51. The molecule has 1 N–H and O–H groups in total. The van der Waals surface area contributed by atoms with E-state index in [1.165, 1.54) is 0 Å². The molecule has 0 bridgehead atoms. The molecular weight excluding hydrogens is 234 g/mol. The van der Waals surface area contributed by atoms with Gasteiger partial charge in [0, 0.05) is 20.2 Å². The predicted octanol–water partition coefficient (Wildman–Crippen LogP) is 0.982. The smallest absolute Gasteiger partial charge is 0.308 e. The molecule has 5 nitrogen and oxygen atoms in total. The fraction of sp³-hybridized carbons (Fsp3) is 0.846. The molecule has 0 aromatic carbocycles. The molecule has 1 aliphatic heterocycles. The maximum absolute atomic E-state index is 12.5. The van der Waals surface area contributed by atoms with E-state index in [4.69, 9.17) is 9.84 Å². The average molecular weight is 255 g/mol. The lowest BCUT2D eigenvalue weighted by Gasteiger charge is -2.42. The third-order valence-electron chi connectivity index (χ3n) is 4.40. The molecule has 2 fully saturated rings. The third-order valence-corrected chi connectivity index (χ3v) is 4.40. The van der Waals surface area contributed by atoms with Crippen LogP contribution in [0.15, 0.2) is 0 Å². The highest BCUT2D eigenvalue weighted by molar-refractivity contribution is 5.85. The average Bonchev–Trinajstić information content (AvgIpc) is 2.65. The van der Waals surface area contributed by atoms with Crippen molar-refractivity contribution >= 4 is 11.9 Å². The van der Waals surface area contributed by atoms with Crippen LogP contribution in [0.1, 0.15) is 26.2 Å². The van der Waals surface area contributed by atoms with E-state index in [1.807, 2.05) is 6.92 Å². The Hall–Kier alpha value is -1.10. The standard InChI is InChI=1S/C13H21NO4/c1-9-6-14(7-10(9)11(15)16)12(17)13(8-18-2)4-3-5-13/h9-10H,3-8H2,1-2H3,(H,15,16)/t9-,10-/m1/s1. The summed E-state index contributed by atoms with van der Waals surface area (Å²) in [5.74, 6) is -1.10. The molecular formula is C13H21NO4. The molecule has 1 heterocycles. The second-order valence-electron chi connectivity index (χ2n) is 5.70. The molecule has 0 radical (unpaired) electrons. The van der Waals surface area contributed by atoms with Crippen molar-refractivity contribution in [3.63, 3.8) is 0 Å². The first-order valence-electron chi connectivity index (χ1n) is 6.51. The van der Waals surface area contributed by atoms with Gasteiger partial charge < -0.3 is 14.7 Å². The minimum atomic E-state index is -0.799. The van der Waals surface area contributed by atoms with Crippen LogP contribution < -0.4 is 0 Å². The van der Waals surface area contributed by atoms with Gasteiger partial charge in [0.15, 0.2) is 0 Å². The second kappa shape index (κ2) is 4.88. The molecule has 1 aliphatic carbocycles. The van der Waals surface area contributed by atoms with Crippen LogP contribution in [-0.4, -0.2) is 48.7 Å². The number of hydrogen-bond donors (Lipinski definition) is 1. The Balaban J connectivity index is 2.04. The Morgan fingerprint density at radius 1 is 1.39 bits per heavy atom. The zero-order valence-corrected chi connectivity index (χ0v) is 11.0. The summed E-state index contributed by atoms with van der Waals surface area (Å²) >= 11 is 0. The van der Waals surface area contributed by atoms with Gasteiger partial charge in [-0.1, -0.05) is 13.3 Å². The molecule has 5 heteroatoms. The Morgan fingerprint density at radius 2 is 2.06 bits per heavy atom. The lowest BCUT2D eigenvalue weighted by molar-refractivity contribution is -0.151. The van der Waals surface area contributed by atoms with Gasteiger partial charge >= 0.3 is 5.97 Å². The minimum Gasteiger partial charge on any atom is -0.481 e. The number of carboxylic acid groups (broad SMARTS) is 1. The van der Waals surface area contributed by atoms with Crippen molar-refractivity contribution in [1.29, 1.82) is 0 Å². The predicted molar refractivity (Wildman–Crippen MR) is 65.0 cm³/mol. The number of hydrogen-bond acceptors (Lipinski definition) is 3. The van der Waals surface area contributed by atoms with Crippen molar-refractivity contribution in [1.82, 2.24) is 4.90 Å². The summed E-state index contributed by atoms with van der Waals surface area (Å²) in [5, 5.41) is 9.10. The van der Waals surface area contributed by atoms with Crippen LogP contribution in [0.5, 0.6) is 0 Å². The van der Waals surface area contributed by atoms with Gasteiger partial charge in [0.1, 0.15) is 0 Å². The van der Waals surface area contributed by atoms with Crippen LogP contribution in [0.2, 0.25) is 0 Å². The van der Waals surface area contributed by atoms with Crippen LogP contribution in [0.25, 0.3) is 0 Å². The van der Waals surface area contributed by atoms with Gasteiger partial charge in [0.2, 0.25) is 5.91 Å². The van der Waals surface area contributed by atoms with Crippen molar-refractivity contribution in [2.75, 3.05) is 26.8 Å². The molecule has 0 unspecified atom stereocenters. The highest BCUT2D eigenvalue weighted by atomic mass is 16.5. The Bertz CT molecular complexity index is 351. The van der Waals surface area contributed by atoms with Gasteiger partial charge in [-0.05, 0) is 18.8 Å². The lowest BCUT2D eigenvalue weighted by Crippen LogP contribution is -2.50. The number of likely N-dealkylation sites (tertiary alicyclic amines) is 1. The van der Waals surface area contributed by atoms with Crippen LogP contribution in [0.3, 0.4) is 0 Å². The molecule has 0 spiro atoms. The van der Waals surface area contributed by atoms with Gasteiger partial charge in [-0.2, -0.15) is 0 Å². The number of methoxy groups -OCH3 is 1. The number of amides is 1. The summed E-state index contributed by atoms with van der Waals surface area (Å²) in [6, 6.07) is 0. The summed E-state index contributed by atoms with van der Waals surface area (Å²) in [6.07, 6.45) is 2.78. The molecule has 2 atom stereocenters. The second-order valence-corrected chi connectivity index (χ2v) is 5.70. The van der Waals surface area contributed by atoms with E-state index >= 15 is 0 Å². The number of rotatable bonds is 4. The van der Waals surface area contributed by atoms with E-state index in [-0.39, 0.29) is 17.2 Å². The summed E-state index contributed by atoms with van der Waals surface area (Å²) in [5.41, 5.74) is -0.373. The summed E-state index contributed by atoms with van der Waals surface area (Å²) < 4.78 is 5.17. The fourth-order valence-corrected chi connectivity index (χ4v) is 3.09. The molecule has 0 aromatic rings. The molecule has 1 saturated heterocycles. The number of nitrogens with zero attached hydrogens (tertiary/aromatic N) is 1. The van der Waals surface area contributed by atoms with Gasteiger partial charge in [-0.3, -0.25) is 9.59 Å². The van der Waals surface area contributed by atoms with E-state index in [0.717, 1.165) is 19.3 Å². The molecule has 102 valence electrons. The molecule has 18 heavy (non-hydrogen) atoms. The molecule has 2 aliphatic rings. The molecule has 1 saturated carbocycles. The highest BCUT2D eigenvalue weighted by Crippen LogP contribution is 2.43. The third kappa shape index (κ3) is 2.11. The topological polar surface area (TPSA) is 66.8 Å². The quantitative estimate of drug-likeness (QED) is 0.813. The number of ether oxygens (including phenoxy) is 1. The number of carbonyl (C=O) groups excluding carboxylic acids is 1. The van der Waals surface area contributed by atoms with Gasteiger partial charge in [0.25, 0.3) is 0 Å². The summed E-state index contributed by atoms with van der Waals surface area (Å²) in [4.78, 5) is 25.3. The minimum absolute atomic E-state index is 0.0334. The SMILES string of the molecule is COCC1(C(=O)N2C[C@@H](C)[C@H](C(=O)O)C2)CCC1. The van der Waals surface area contributed by atoms with E-state index in [9.17, 15) is 9.59 Å². The van der Waals surface area contributed by atoms with Crippen molar-refractivity contribution in [2.45, 2.75) is 26.2 Å². The maximum atomic E-state index is 12.5. The molecule has 1 amide bonds. The molecule has 0 aromatic heterocycles. The molecule has 2 rings (SSSR count).